The highest BCUT2D eigenvalue weighted by atomic mass is 32.1. The number of aromatic nitrogens is 3. The Labute approximate surface area is 152 Å². The van der Waals surface area contributed by atoms with Crippen LogP contribution < -0.4 is 4.90 Å². The van der Waals surface area contributed by atoms with E-state index in [1.54, 1.807) is 17.5 Å². The van der Waals surface area contributed by atoms with Gasteiger partial charge in [-0.3, -0.25) is 9.88 Å². The zero-order valence-corrected chi connectivity index (χ0v) is 15.1. The molecule has 5 nitrogen and oxygen atoms in total. The minimum atomic E-state index is 0.488. The van der Waals surface area contributed by atoms with Crippen molar-refractivity contribution >= 4 is 16.5 Å². The summed E-state index contributed by atoms with van der Waals surface area (Å²) in [5.41, 5.74) is 2.41. The van der Waals surface area contributed by atoms with E-state index >= 15 is 0 Å². The average Bonchev–Trinajstić information content (AvgIpc) is 3.15. The summed E-state index contributed by atoms with van der Waals surface area (Å²) in [6.07, 6.45) is 4.68. The van der Waals surface area contributed by atoms with E-state index in [0.29, 0.717) is 6.04 Å². The van der Waals surface area contributed by atoms with Gasteiger partial charge >= 0.3 is 0 Å². The van der Waals surface area contributed by atoms with Crippen LogP contribution in [0.5, 0.6) is 0 Å². The van der Waals surface area contributed by atoms with Crippen LogP contribution in [-0.2, 0) is 6.42 Å². The van der Waals surface area contributed by atoms with E-state index in [-0.39, 0.29) is 0 Å². The normalized spacial score (nSPS) is 18.4. The van der Waals surface area contributed by atoms with E-state index in [9.17, 15) is 0 Å². The molecule has 0 spiro atoms. The molecule has 4 rings (SSSR count). The highest BCUT2D eigenvalue weighted by Crippen LogP contribution is 2.29. The van der Waals surface area contributed by atoms with Crippen molar-refractivity contribution in [3.63, 3.8) is 0 Å². The van der Waals surface area contributed by atoms with Crippen LogP contribution in [0.3, 0.4) is 0 Å². The van der Waals surface area contributed by atoms with Crippen LogP contribution in [0.15, 0.2) is 54.9 Å². The number of hydrogen-bond donors (Lipinski definition) is 0. The molecule has 1 atom stereocenters. The Morgan fingerprint density at radius 2 is 1.96 bits per heavy atom. The van der Waals surface area contributed by atoms with Crippen molar-refractivity contribution in [3.8, 4) is 10.6 Å². The quantitative estimate of drug-likeness (QED) is 0.723. The second-order valence-electron chi connectivity index (χ2n) is 6.40. The maximum atomic E-state index is 4.43. The van der Waals surface area contributed by atoms with Crippen LogP contribution >= 0.6 is 11.3 Å². The van der Waals surface area contributed by atoms with E-state index in [1.165, 1.54) is 5.56 Å². The lowest BCUT2D eigenvalue weighted by Gasteiger charge is -2.39. The first kappa shape index (κ1) is 16.2. The molecule has 1 fully saturated rings. The van der Waals surface area contributed by atoms with Crippen LogP contribution in [0, 0.1) is 0 Å². The lowest BCUT2D eigenvalue weighted by Crippen LogP contribution is -2.52. The second kappa shape index (κ2) is 7.29. The van der Waals surface area contributed by atoms with Crippen LogP contribution in [0.25, 0.3) is 10.6 Å². The number of rotatable bonds is 4. The van der Waals surface area contributed by atoms with Crippen molar-refractivity contribution < 1.29 is 0 Å². The summed E-state index contributed by atoms with van der Waals surface area (Å²) in [7, 11) is 2.21. The molecular formula is C19H21N5S. The van der Waals surface area contributed by atoms with E-state index in [4.69, 9.17) is 0 Å². The number of benzene rings is 1. The molecule has 3 aromatic rings. The number of likely N-dealkylation sites (N-methyl/N-ethyl adjacent to an activating group) is 1. The fraction of sp³-hybridized carbons (Fsp3) is 0.316. The molecule has 128 valence electrons. The van der Waals surface area contributed by atoms with Gasteiger partial charge in [0.25, 0.3) is 0 Å². The Balaban J connectivity index is 1.49. The average molecular weight is 351 g/mol. The molecule has 0 N–H and O–H groups in total. The first-order chi connectivity index (χ1) is 12.3. The van der Waals surface area contributed by atoms with Gasteiger partial charge in [-0.2, -0.15) is 0 Å². The molecule has 3 heterocycles. The zero-order valence-electron chi connectivity index (χ0n) is 14.2. The van der Waals surface area contributed by atoms with Crippen LogP contribution in [0.2, 0.25) is 0 Å². The predicted octanol–water partition coefficient (Wildman–Crippen LogP) is 2.96. The monoisotopic (exact) mass is 351 g/mol. The van der Waals surface area contributed by atoms with Gasteiger partial charge in [0.05, 0.1) is 0 Å². The summed E-state index contributed by atoms with van der Waals surface area (Å²) >= 11 is 1.65. The Morgan fingerprint density at radius 1 is 1.08 bits per heavy atom. The number of anilines is 1. The fourth-order valence-electron chi connectivity index (χ4n) is 3.18. The number of nitrogens with zero attached hydrogens (tertiary/aromatic N) is 5. The van der Waals surface area contributed by atoms with Gasteiger partial charge in [-0.15, -0.1) is 10.2 Å². The third kappa shape index (κ3) is 3.70. The summed E-state index contributed by atoms with van der Waals surface area (Å²) in [6.45, 7) is 3.01. The fourth-order valence-corrected chi connectivity index (χ4v) is 4.05. The summed E-state index contributed by atoms with van der Waals surface area (Å²) < 4.78 is 0. The Bertz CT molecular complexity index is 805. The molecule has 0 radical (unpaired) electrons. The van der Waals surface area contributed by atoms with Crippen LogP contribution in [0.1, 0.15) is 5.56 Å². The van der Waals surface area contributed by atoms with Gasteiger partial charge in [-0.05, 0) is 31.2 Å². The Morgan fingerprint density at radius 3 is 2.76 bits per heavy atom. The van der Waals surface area contributed by atoms with Crippen molar-refractivity contribution in [3.05, 3.63) is 60.4 Å². The van der Waals surface area contributed by atoms with Gasteiger partial charge in [0.2, 0.25) is 5.13 Å². The van der Waals surface area contributed by atoms with Crippen molar-refractivity contribution in [2.24, 2.45) is 0 Å². The summed E-state index contributed by atoms with van der Waals surface area (Å²) in [5.74, 6) is 0. The topological polar surface area (TPSA) is 45.2 Å². The molecular weight excluding hydrogens is 330 g/mol. The summed E-state index contributed by atoms with van der Waals surface area (Å²) in [6, 6.07) is 15.2. The number of pyridine rings is 1. The molecule has 6 heteroatoms. The van der Waals surface area contributed by atoms with Crippen LogP contribution in [-0.4, -0.2) is 52.8 Å². The predicted molar refractivity (Wildman–Crippen MR) is 102 cm³/mol. The van der Waals surface area contributed by atoms with E-state index in [2.05, 4.69) is 62.4 Å². The third-order valence-electron chi connectivity index (χ3n) is 4.68. The minimum Gasteiger partial charge on any atom is -0.344 e. The smallest absolute Gasteiger partial charge is 0.208 e. The molecule has 1 unspecified atom stereocenters. The molecule has 2 aromatic heterocycles. The first-order valence-electron chi connectivity index (χ1n) is 8.52. The molecule has 25 heavy (non-hydrogen) atoms. The molecule has 1 aromatic carbocycles. The highest BCUT2D eigenvalue weighted by Gasteiger charge is 2.26. The SMILES string of the molecule is CN1CCN(c2nnc(-c3cccnc3)s2)CC1Cc1ccccc1. The highest BCUT2D eigenvalue weighted by molar-refractivity contribution is 7.18. The summed E-state index contributed by atoms with van der Waals surface area (Å²) in [4.78, 5) is 8.99. The van der Waals surface area contributed by atoms with E-state index in [0.717, 1.165) is 41.8 Å². The van der Waals surface area contributed by atoms with Crippen molar-refractivity contribution in [1.82, 2.24) is 20.1 Å². The molecule has 0 bridgehead atoms. The lowest BCUT2D eigenvalue weighted by molar-refractivity contribution is 0.217. The van der Waals surface area contributed by atoms with Crippen molar-refractivity contribution in [2.75, 3.05) is 31.6 Å². The Hall–Kier alpha value is -2.31. The van der Waals surface area contributed by atoms with Gasteiger partial charge in [-0.25, -0.2) is 0 Å². The van der Waals surface area contributed by atoms with Gasteiger partial charge in [0.15, 0.2) is 5.01 Å². The molecule has 1 saturated heterocycles. The molecule has 0 aliphatic carbocycles. The van der Waals surface area contributed by atoms with Gasteiger partial charge in [0.1, 0.15) is 0 Å². The number of hydrogen-bond acceptors (Lipinski definition) is 6. The molecule has 1 aliphatic heterocycles. The van der Waals surface area contributed by atoms with E-state index < -0.39 is 0 Å². The van der Waals surface area contributed by atoms with Gasteiger partial charge in [-0.1, -0.05) is 41.7 Å². The Kier molecular flexibility index (Phi) is 4.72. The van der Waals surface area contributed by atoms with Crippen LogP contribution in [0.4, 0.5) is 5.13 Å². The van der Waals surface area contributed by atoms with E-state index in [1.807, 2.05) is 18.3 Å². The largest absolute Gasteiger partial charge is 0.344 e. The summed E-state index contributed by atoms with van der Waals surface area (Å²) in [5, 5.41) is 10.7. The minimum absolute atomic E-state index is 0.488. The number of piperazine rings is 1. The van der Waals surface area contributed by atoms with Crippen molar-refractivity contribution in [1.29, 1.82) is 0 Å². The molecule has 0 saturated carbocycles. The maximum Gasteiger partial charge on any atom is 0.208 e. The van der Waals surface area contributed by atoms with Gasteiger partial charge in [0, 0.05) is 43.6 Å². The maximum absolute atomic E-state index is 4.43. The molecule has 1 aliphatic rings. The van der Waals surface area contributed by atoms with Crippen molar-refractivity contribution in [2.45, 2.75) is 12.5 Å². The standard InChI is InChI=1S/C19H21N5S/c1-23-10-11-24(14-17(23)12-15-6-3-2-4-7-15)19-22-21-18(25-19)16-8-5-9-20-13-16/h2-9,13,17H,10-12,14H2,1H3. The second-order valence-corrected chi connectivity index (χ2v) is 7.36. The zero-order chi connectivity index (χ0) is 17.1. The molecule has 0 amide bonds. The first-order valence-corrected chi connectivity index (χ1v) is 9.34. The van der Waals surface area contributed by atoms with Gasteiger partial charge < -0.3 is 4.90 Å². The lowest BCUT2D eigenvalue weighted by atomic mass is 10.0. The third-order valence-corrected chi connectivity index (χ3v) is 5.72.